The van der Waals surface area contributed by atoms with Crippen LogP contribution in [0.15, 0.2) is 23.0 Å². The fourth-order valence-corrected chi connectivity index (χ4v) is 1.88. The fraction of sp³-hybridized carbons (Fsp3) is 0.273. The van der Waals surface area contributed by atoms with Crippen molar-refractivity contribution in [1.82, 2.24) is 9.97 Å². The molecule has 2 rings (SSSR count). The molecule has 0 bridgehead atoms. The second-order valence-corrected chi connectivity index (χ2v) is 4.20. The standard InChI is InChI=1S/C11H13ClN4O/c1-16(5-4-13)10-8-3-2-7(12)6-9(8)14-11(17)15-10/h2-3,6H,4-5,13H2,1H3,(H,14,15,17). The summed E-state index contributed by atoms with van der Waals surface area (Å²) in [5, 5.41) is 1.43. The van der Waals surface area contributed by atoms with Crippen LogP contribution in [0.3, 0.4) is 0 Å². The van der Waals surface area contributed by atoms with E-state index < -0.39 is 5.69 Å². The van der Waals surface area contributed by atoms with E-state index in [9.17, 15) is 4.79 Å². The van der Waals surface area contributed by atoms with Crippen molar-refractivity contribution in [2.24, 2.45) is 5.73 Å². The molecule has 1 heterocycles. The molecule has 0 unspecified atom stereocenters. The molecule has 0 aliphatic heterocycles. The second-order valence-electron chi connectivity index (χ2n) is 3.77. The summed E-state index contributed by atoms with van der Waals surface area (Å²) < 4.78 is 0. The molecule has 2 aromatic rings. The van der Waals surface area contributed by atoms with Crippen molar-refractivity contribution in [2.75, 3.05) is 25.0 Å². The van der Waals surface area contributed by atoms with Crippen LogP contribution in [0.25, 0.3) is 10.9 Å². The third-order valence-electron chi connectivity index (χ3n) is 2.50. The molecule has 0 atom stereocenters. The molecule has 0 fully saturated rings. The number of nitrogens with zero attached hydrogens (tertiary/aromatic N) is 2. The largest absolute Gasteiger partial charge is 0.358 e. The van der Waals surface area contributed by atoms with Gasteiger partial charge in [-0.25, -0.2) is 4.79 Å². The molecule has 6 heteroatoms. The molecule has 0 radical (unpaired) electrons. The fourth-order valence-electron chi connectivity index (χ4n) is 1.70. The number of hydrogen-bond acceptors (Lipinski definition) is 4. The van der Waals surface area contributed by atoms with Crippen LogP contribution >= 0.6 is 11.6 Å². The molecule has 0 spiro atoms. The molecule has 17 heavy (non-hydrogen) atoms. The summed E-state index contributed by atoms with van der Waals surface area (Å²) in [5.41, 5.74) is 5.78. The number of rotatable bonds is 3. The molecule has 1 aromatic carbocycles. The number of nitrogens with two attached hydrogens (primary N) is 1. The van der Waals surface area contributed by atoms with Crippen LogP contribution in [0.4, 0.5) is 5.82 Å². The Labute approximate surface area is 103 Å². The zero-order chi connectivity index (χ0) is 12.4. The summed E-state index contributed by atoms with van der Waals surface area (Å²) >= 11 is 5.89. The number of hydrogen-bond donors (Lipinski definition) is 2. The van der Waals surface area contributed by atoms with Gasteiger partial charge in [0.05, 0.1) is 5.52 Å². The van der Waals surface area contributed by atoms with Crippen LogP contribution in [-0.2, 0) is 0 Å². The predicted molar refractivity (Wildman–Crippen MR) is 69.7 cm³/mol. The van der Waals surface area contributed by atoms with Crippen LogP contribution in [0.5, 0.6) is 0 Å². The van der Waals surface area contributed by atoms with Crippen molar-refractivity contribution in [3.8, 4) is 0 Å². The average Bonchev–Trinajstić information content (AvgIpc) is 2.27. The highest BCUT2D eigenvalue weighted by atomic mass is 35.5. The van der Waals surface area contributed by atoms with Gasteiger partial charge in [0, 0.05) is 30.5 Å². The van der Waals surface area contributed by atoms with Gasteiger partial charge in [-0.3, -0.25) is 0 Å². The number of likely N-dealkylation sites (N-methyl/N-ethyl adjacent to an activating group) is 1. The van der Waals surface area contributed by atoms with Gasteiger partial charge in [0.2, 0.25) is 0 Å². The summed E-state index contributed by atoms with van der Waals surface area (Å²) in [6.07, 6.45) is 0. The van der Waals surface area contributed by atoms with Gasteiger partial charge in [0.1, 0.15) is 5.82 Å². The van der Waals surface area contributed by atoms with Crippen LogP contribution in [0.2, 0.25) is 5.02 Å². The highest BCUT2D eigenvalue weighted by Crippen LogP contribution is 2.23. The first-order valence-electron chi connectivity index (χ1n) is 5.22. The van der Waals surface area contributed by atoms with Gasteiger partial charge >= 0.3 is 5.69 Å². The molecule has 90 valence electrons. The quantitative estimate of drug-likeness (QED) is 0.854. The highest BCUT2D eigenvalue weighted by Gasteiger charge is 2.09. The molecule has 0 saturated carbocycles. The molecule has 5 nitrogen and oxygen atoms in total. The Morgan fingerprint density at radius 2 is 2.29 bits per heavy atom. The Hall–Kier alpha value is -1.59. The minimum absolute atomic E-state index is 0.390. The normalized spacial score (nSPS) is 10.8. The molecule has 0 aliphatic carbocycles. The number of fused-ring (bicyclic) bond motifs is 1. The van der Waals surface area contributed by atoms with E-state index in [4.69, 9.17) is 17.3 Å². The van der Waals surface area contributed by atoms with Gasteiger partial charge < -0.3 is 15.6 Å². The lowest BCUT2D eigenvalue weighted by molar-refractivity contribution is 0.865. The number of H-pyrrole nitrogens is 1. The van der Waals surface area contributed by atoms with Gasteiger partial charge in [-0.2, -0.15) is 4.98 Å². The number of halogens is 1. The second kappa shape index (κ2) is 4.73. The first-order valence-corrected chi connectivity index (χ1v) is 5.60. The minimum atomic E-state index is -0.390. The van der Waals surface area contributed by atoms with Crippen LogP contribution in [0.1, 0.15) is 0 Å². The number of anilines is 1. The summed E-state index contributed by atoms with van der Waals surface area (Å²) in [4.78, 5) is 19.9. The Balaban J connectivity index is 2.65. The molecular formula is C11H13ClN4O. The summed E-state index contributed by atoms with van der Waals surface area (Å²) in [6.45, 7) is 1.13. The van der Waals surface area contributed by atoms with Crippen molar-refractivity contribution in [3.63, 3.8) is 0 Å². The van der Waals surface area contributed by atoms with Crippen LogP contribution < -0.4 is 16.3 Å². The monoisotopic (exact) mass is 252 g/mol. The maximum absolute atomic E-state index is 11.5. The van der Waals surface area contributed by atoms with Crippen molar-refractivity contribution < 1.29 is 0 Å². The maximum Gasteiger partial charge on any atom is 0.347 e. The third kappa shape index (κ3) is 2.40. The van der Waals surface area contributed by atoms with Gasteiger partial charge in [-0.05, 0) is 18.2 Å². The minimum Gasteiger partial charge on any atom is -0.358 e. The summed E-state index contributed by atoms with van der Waals surface area (Å²) in [5.74, 6) is 0.617. The summed E-state index contributed by atoms with van der Waals surface area (Å²) in [6, 6.07) is 5.31. The van der Waals surface area contributed by atoms with E-state index in [1.54, 1.807) is 12.1 Å². The van der Waals surface area contributed by atoms with E-state index >= 15 is 0 Å². The Morgan fingerprint density at radius 3 is 3.00 bits per heavy atom. The lowest BCUT2D eigenvalue weighted by atomic mass is 10.2. The topological polar surface area (TPSA) is 75.0 Å². The van der Waals surface area contributed by atoms with Crippen molar-refractivity contribution in [1.29, 1.82) is 0 Å². The SMILES string of the molecule is CN(CCN)c1nc(=O)[nH]c2cc(Cl)ccc12. The van der Waals surface area contributed by atoms with Crippen molar-refractivity contribution >= 4 is 28.3 Å². The third-order valence-corrected chi connectivity index (χ3v) is 2.73. The molecule has 0 amide bonds. The number of aromatic amines is 1. The number of nitrogens with one attached hydrogen (secondary N) is 1. The Kier molecular flexibility index (Phi) is 3.31. The van der Waals surface area contributed by atoms with E-state index in [0.717, 1.165) is 5.39 Å². The average molecular weight is 253 g/mol. The number of aromatic nitrogens is 2. The molecule has 3 N–H and O–H groups in total. The highest BCUT2D eigenvalue weighted by molar-refractivity contribution is 6.31. The van der Waals surface area contributed by atoms with Crippen LogP contribution in [0, 0.1) is 0 Å². The van der Waals surface area contributed by atoms with Gasteiger partial charge in [0.15, 0.2) is 0 Å². The number of benzene rings is 1. The van der Waals surface area contributed by atoms with Crippen LogP contribution in [-0.4, -0.2) is 30.1 Å². The van der Waals surface area contributed by atoms with Gasteiger partial charge in [-0.15, -0.1) is 0 Å². The zero-order valence-corrected chi connectivity index (χ0v) is 10.2. The smallest absolute Gasteiger partial charge is 0.347 e. The van der Waals surface area contributed by atoms with Crippen molar-refractivity contribution in [3.05, 3.63) is 33.7 Å². The summed E-state index contributed by atoms with van der Waals surface area (Å²) in [7, 11) is 1.85. The lowest BCUT2D eigenvalue weighted by Crippen LogP contribution is -2.28. The molecule has 0 aliphatic rings. The van der Waals surface area contributed by atoms with Gasteiger partial charge in [0.25, 0.3) is 0 Å². The maximum atomic E-state index is 11.5. The lowest BCUT2D eigenvalue weighted by Gasteiger charge is -2.18. The first kappa shape index (κ1) is 11.9. The molecular weight excluding hydrogens is 240 g/mol. The Morgan fingerprint density at radius 1 is 1.53 bits per heavy atom. The Bertz CT molecular complexity index is 596. The van der Waals surface area contributed by atoms with E-state index in [1.165, 1.54) is 0 Å². The van der Waals surface area contributed by atoms with E-state index in [1.807, 2.05) is 18.0 Å². The van der Waals surface area contributed by atoms with Crippen molar-refractivity contribution in [2.45, 2.75) is 0 Å². The zero-order valence-electron chi connectivity index (χ0n) is 9.40. The predicted octanol–water partition coefficient (Wildman–Crippen LogP) is 0.971. The molecule has 0 saturated heterocycles. The molecule has 1 aromatic heterocycles. The van der Waals surface area contributed by atoms with E-state index in [0.29, 0.717) is 29.4 Å². The van der Waals surface area contributed by atoms with E-state index in [2.05, 4.69) is 9.97 Å². The first-order chi connectivity index (χ1) is 8.11. The van der Waals surface area contributed by atoms with E-state index in [-0.39, 0.29) is 0 Å². The van der Waals surface area contributed by atoms with Gasteiger partial charge in [-0.1, -0.05) is 11.6 Å².